The third kappa shape index (κ3) is 2.05. The second kappa shape index (κ2) is 4.70. The summed E-state index contributed by atoms with van der Waals surface area (Å²) in [6, 6.07) is 15.5. The van der Waals surface area contributed by atoms with Crippen molar-refractivity contribution in [3.63, 3.8) is 0 Å². The highest BCUT2D eigenvalue weighted by atomic mass is 32.2. The molecule has 0 aliphatic carbocycles. The van der Waals surface area contributed by atoms with Crippen LogP contribution in [0.3, 0.4) is 0 Å². The molecule has 0 aliphatic heterocycles. The van der Waals surface area contributed by atoms with Crippen molar-refractivity contribution in [2.75, 3.05) is 0 Å². The molecule has 0 amide bonds. The van der Waals surface area contributed by atoms with Crippen molar-refractivity contribution in [1.29, 1.82) is 0 Å². The van der Waals surface area contributed by atoms with Crippen molar-refractivity contribution in [3.8, 4) is 5.75 Å². The van der Waals surface area contributed by atoms with Crippen LogP contribution in [0.15, 0.2) is 70.7 Å². The summed E-state index contributed by atoms with van der Waals surface area (Å²) in [5, 5.41) is 11.8. The summed E-state index contributed by atoms with van der Waals surface area (Å²) in [6.07, 6.45) is 3.57. The molecular weight excluding hydrogens is 242 g/mol. The summed E-state index contributed by atoms with van der Waals surface area (Å²) in [7, 11) is 0. The Balaban J connectivity index is 2.10. The summed E-state index contributed by atoms with van der Waals surface area (Å²) in [5.41, 5.74) is 0. The van der Waals surface area contributed by atoms with E-state index in [1.54, 1.807) is 30.2 Å². The first-order chi connectivity index (χ1) is 8.84. The van der Waals surface area contributed by atoms with Crippen molar-refractivity contribution < 1.29 is 5.11 Å². The van der Waals surface area contributed by atoms with E-state index >= 15 is 0 Å². The molecule has 0 radical (unpaired) electrons. The largest absolute Gasteiger partial charge is 0.507 e. The third-order valence-electron chi connectivity index (χ3n) is 2.74. The number of phenolic OH excluding ortho intramolecular Hbond substituents is 1. The number of pyridine rings is 1. The molecule has 0 fully saturated rings. The minimum absolute atomic E-state index is 0.324. The topological polar surface area (TPSA) is 33.1 Å². The molecule has 0 saturated carbocycles. The summed E-state index contributed by atoms with van der Waals surface area (Å²) >= 11 is 1.67. The molecule has 2 nitrogen and oxygen atoms in total. The van der Waals surface area contributed by atoms with Gasteiger partial charge in [-0.15, -0.1) is 0 Å². The highest BCUT2D eigenvalue weighted by molar-refractivity contribution is 7.99. The molecule has 3 heteroatoms. The molecule has 88 valence electrons. The Hall–Kier alpha value is -2.00. The predicted octanol–water partition coefficient (Wildman–Crippen LogP) is 4.09. The molecule has 3 aromatic rings. The number of nitrogens with zero attached hydrogens (tertiary/aromatic N) is 1. The van der Waals surface area contributed by atoms with Crippen molar-refractivity contribution in [1.82, 2.24) is 4.98 Å². The SMILES string of the molecule is Oc1ccc(Sc2ccncc2)c2ccccc12. The summed E-state index contributed by atoms with van der Waals surface area (Å²) in [5.74, 6) is 0.324. The Kier molecular flexibility index (Phi) is 2.90. The summed E-state index contributed by atoms with van der Waals surface area (Å²) in [4.78, 5) is 6.28. The summed E-state index contributed by atoms with van der Waals surface area (Å²) in [6.45, 7) is 0. The molecule has 1 aromatic heterocycles. The van der Waals surface area contributed by atoms with Crippen LogP contribution in [-0.2, 0) is 0 Å². The Morgan fingerprint density at radius 2 is 1.56 bits per heavy atom. The average molecular weight is 253 g/mol. The first-order valence-electron chi connectivity index (χ1n) is 5.63. The zero-order valence-electron chi connectivity index (χ0n) is 9.58. The van der Waals surface area contributed by atoms with Gasteiger partial charge in [0.05, 0.1) is 0 Å². The molecule has 1 heterocycles. The highest BCUT2D eigenvalue weighted by Gasteiger charge is 2.05. The number of aromatic hydroxyl groups is 1. The van der Waals surface area contributed by atoms with E-state index in [1.807, 2.05) is 42.5 Å². The van der Waals surface area contributed by atoms with Gasteiger partial charge in [-0.05, 0) is 29.7 Å². The lowest BCUT2D eigenvalue weighted by Crippen LogP contribution is -1.79. The van der Waals surface area contributed by atoms with Crippen molar-refractivity contribution >= 4 is 22.5 Å². The van der Waals surface area contributed by atoms with Gasteiger partial charge in [-0.25, -0.2) is 0 Å². The maximum Gasteiger partial charge on any atom is 0.123 e. The maximum atomic E-state index is 9.84. The highest BCUT2D eigenvalue weighted by Crippen LogP contribution is 2.36. The molecule has 0 spiro atoms. The number of phenols is 1. The van der Waals surface area contributed by atoms with Crippen LogP contribution < -0.4 is 0 Å². The number of benzene rings is 2. The number of aromatic nitrogens is 1. The van der Waals surface area contributed by atoms with Gasteiger partial charge < -0.3 is 5.11 Å². The van der Waals surface area contributed by atoms with Gasteiger partial charge in [0.2, 0.25) is 0 Å². The van der Waals surface area contributed by atoms with Crippen LogP contribution in [0.4, 0.5) is 0 Å². The number of hydrogen-bond acceptors (Lipinski definition) is 3. The fourth-order valence-corrected chi connectivity index (χ4v) is 2.81. The second-order valence-electron chi connectivity index (χ2n) is 3.91. The quantitative estimate of drug-likeness (QED) is 0.746. The van der Waals surface area contributed by atoms with E-state index in [2.05, 4.69) is 4.98 Å². The van der Waals surface area contributed by atoms with E-state index in [-0.39, 0.29) is 0 Å². The van der Waals surface area contributed by atoms with Crippen LogP contribution in [-0.4, -0.2) is 10.1 Å². The van der Waals surface area contributed by atoms with E-state index in [1.165, 1.54) is 0 Å². The van der Waals surface area contributed by atoms with E-state index in [0.29, 0.717) is 5.75 Å². The van der Waals surface area contributed by atoms with Gasteiger partial charge in [0.1, 0.15) is 5.75 Å². The molecule has 0 atom stereocenters. The monoisotopic (exact) mass is 253 g/mol. The van der Waals surface area contributed by atoms with E-state index in [0.717, 1.165) is 20.6 Å². The first kappa shape index (κ1) is 11.1. The van der Waals surface area contributed by atoms with Gasteiger partial charge in [-0.2, -0.15) is 0 Å². The minimum atomic E-state index is 0.324. The van der Waals surface area contributed by atoms with Gasteiger partial charge in [0.25, 0.3) is 0 Å². The van der Waals surface area contributed by atoms with Gasteiger partial charge in [0, 0.05) is 27.6 Å². The smallest absolute Gasteiger partial charge is 0.123 e. The predicted molar refractivity (Wildman–Crippen MR) is 74.0 cm³/mol. The van der Waals surface area contributed by atoms with E-state index in [9.17, 15) is 5.11 Å². The second-order valence-corrected chi connectivity index (χ2v) is 5.03. The molecule has 0 unspecified atom stereocenters. The Morgan fingerprint density at radius 1 is 0.833 bits per heavy atom. The Morgan fingerprint density at radius 3 is 2.33 bits per heavy atom. The Labute approximate surface area is 109 Å². The lowest BCUT2D eigenvalue weighted by molar-refractivity contribution is 0.481. The van der Waals surface area contributed by atoms with Crippen molar-refractivity contribution in [3.05, 3.63) is 60.9 Å². The molecule has 0 bridgehead atoms. The molecule has 1 N–H and O–H groups in total. The van der Waals surface area contributed by atoms with Gasteiger partial charge in [-0.3, -0.25) is 4.98 Å². The molecule has 2 aromatic carbocycles. The Bertz CT molecular complexity index is 682. The van der Waals surface area contributed by atoms with Crippen molar-refractivity contribution in [2.24, 2.45) is 0 Å². The first-order valence-corrected chi connectivity index (χ1v) is 6.45. The van der Waals surface area contributed by atoms with Gasteiger partial charge >= 0.3 is 0 Å². The van der Waals surface area contributed by atoms with E-state index < -0.39 is 0 Å². The fourth-order valence-electron chi connectivity index (χ4n) is 1.88. The fraction of sp³-hybridized carbons (Fsp3) is 0. The average Bonchev–Trinajstić information content (AvgIpc) is 2.44. The van der Waals surface area contributed by atoms with E-state index in [4.69, 9.17) is 0 Å². The standard InChI is InChI=1S/C15H11NOS/c17-14-5-6-15(13-4-2-1-3-12(13)14)18-11-7-9-16-10-8-11/h1-10,17H. The third-order valence-corrected chi connectivity index (χ3v) is 3.82. The minimum Gasteiger partial charge on any atom is -0.507 e. The van der Waals surface area contributed by atoms with Gasteiger partial charge in [-0.1, -0.05) is 36.0 Å². The normalized spacial score (nSPS) is 10.7. The van der Waals surface area contributed by atoms with Crippen LogP contribution >= 0.6 is 11.8 Å². The summed E-state index contributed by atoms with van der Waals surface area (Å²) < 4.78 is 0. The zero-order chi connectivity index (χ0) is 12.4. The number of fused-ring (bicyclic) bond motifs is 1. The van der Waals surface area contributed by atoms with Crippen LogP contribution in [0.2, 0.25) is 0 Å². The van der Waals surface area contributed by atoms with Crippen LogP contribution in [0.1, 0.15) is 0 Å². The zero-order valence-corrected chi connectivity index (χ0v) is 10.4. The van der Waals surface area contributed by atoms with Crippen molar-refractivity contribution in [2.45, 2.75) is 9.79 Å². The molecule has 0 aliphatic rings. The lowest BCUT2D eigenvalue weighted by atomic mass is 10.1. The molecule has 18 heavy (non-hydrogen) atoms. The maximum absolute atomic E-state index is 9.84. The molecule has 0 saturated heterocycles. The van der Waals surface area contributed by atoms with Crippen LogP contribution in [0.25, 0.3) is 10.8 Å². The number of rotatable bonds is 2. The lowest BCUT2D eigenvalue weighted by Gasteiger charge is -2.07. The number of hydrogen-bond donors (Lipinski definition) is 1. The molecule has 3 rings (SSSR count). The molecular formula is C15H11NOS. The van der Waals surface area contributed by atoms with Gasteiger partial charge in [0.15, 0.2) is 0 Å². The van der Waals surface area contributed by atoms with Crippen LogP contribution in [0.5, 0.6) is 5.75 Å². The van der Waals surface area contributed by atoms with Crippen LogP contribution in [0, 0.1) is 0 Å².